The number of rotatable bonds is 5. The molecule has 2 nitrogen and oxygen atoms in total. The zero-order valence-electron chi connectivity index (χ0n) is 11.8. The average molecular weight is 247 g/mol. The molecular formula is C16H25NO. The van der Waals surface area contributed by atoms with Crippen LogP contribution in [0.2, 0.25) is 0 Å². The largest absolute Gasteiger partial charge is 0.376 e. The molecule has 1 aliphatic heterocycles. The third-order valence-corrected chi connectivity index (χ3v) is 3.88. The summed E-state index contributed by atoms with van der Waals surface area (Å²) < 4.78 is 5.91. The van der Waals surface area contributed by atoms with E-state index in [4.69, 9.17) is 4.74 Å². The molecule has 0 saturated carbocycles. The summed E-state index contributed by atoms with van der Waals surface area (Å²) in [6.45, 7) is 8.53. The van der Waals surface area contributed by atoms with E-state index in [9.17, 15) is 0 Å². The van der Waals surface area contributed by atoms with Gasteiger partial charge in [-0.25, -0.2) is 0 Å². The van der Waals surface area contributed by atoms with Crippen LogP contribution in [0.1, 0.15) is 31.4 Å². The van der Waals surface area contributed by atoms with Gasteiger partial charge >= 0.3 is 0 Å². The summed E-state index contributed by atoms with van der Waals surface area (Å²) in [5, 5.41) is 3.59. The molecule has 0 aliphatic carbocycles. The van der Waals surface area contributed by atoms with Crippen molar-refractivity contribution in [1.29, 1.82) is 0 Å². The van der Waals surface area contributed by atoms with E-state index in [-0.39, 0.29) is 0 Å². The number of benzene rings is 1. The Bertz CT molecular complexity index is 360. The molecule has 1 N–H and O–H groups in total. The Morgan fingerprint density at radius 1 is 1.33 bits per heavy atom. The molecular weight excluding hydrogens is 222 g/mol. The summed E-state index contributed by atoms with van der Waals surface area (Å²) >= 11 is 0. The van der Waals surface area contributed by atoms with Crippen LogP contribution in [0.15, 0.2) is 24.3 Å². The molecule has 1 saturated heterocycles. The molecule has 1 aromatic carbocycles. The molecule has 0 aromatic heterocycles. The number of nitrogens with one attached hydrogen (secondary N) is 1. The molecule has 18 heavy (non-hydrogen) atoms. The molecule has 2 rings (SSSR count). The first-order valence-corrected chi connectivity index (χ1v) is 7.11. The molecule has 0 amide bonds. The Labute approximate surface area is 111 Å². The van der Waals surface area contributed by atoms with Crippen LogP contribution < -0.4 is 5.32 Å². The average Bonchev–Trinajstić information content (AvgIpc) is 2.78. The standard InChI is InChI=1S/C16H25NO/c1-4-17-15(16-13(3)9-10-18-16)11-14-7-5-12(2)6-8-14/h5-8,13,15-17H,4,9-11H2,1-3H3. The molecule has 100 valence electrons. The molecule has 1 fully saturated rings. The summed E-state index contributed by atoms with van der Waals surface area (Å²) in [6, 6.07) is 9.29. The third kappa shape index (κ3) is 3.33. The minimum Gasteiger partial charge on any atom is -0.376 e. The quantitative estimate of drug-likeness (QED) is 0.864. The lowest BCUT2D eigenvalue weighted by Crippen LogP contribution is -2.43. The van der Waals surface area contributed by atoms with E-state index in [1.807, 2.05) is 0 Å². The highest BCUT2D eigenvalue weighted by molar-refractivity contribution is 5.22. The predicted molar refractivity (Wildman–Crippen MR) is 75.9 cm³/mol. The summed E-state index contributed by atoms with van der Waals surface area (Å²) in [6.07, 6.45) is 2.62. The van der Waals surface area contributed by atoms with Crippen molar-refractivity contribution >= 4 is 0 Å². The second-order valence-electron chi connectivity index (χ2n) is 5.46. The van der Waals surface area contributed by atoms with Gasteiger partial charge in [0.2, 0.25) is 0 Å². The zero-order valence-corrected chi connectivity index (χ0v) is 11.8. The number of likely N-dealkylation sites (N-methyl/N-ethyl adjacent to an activating group) is 1. The normalized spacial score (nSPS) is 25.3. The predicted octanol–water partition coefficient (Wildman–Crippen LogP) is 2.94. The maximum atomic E-state index is 5.91. The van der Waals surface area contributed by atoms with Gasteiger partial charge in [-0.15, -0.1) is 0 Å². The van der Waals surface area contributed by atoms with Crippen LogP contribution in [0.3, 0.4) is 0 Å². The molecule has 0 radical (unpaired) electrons. The molecule has 3 atom stereocenters. The summed E-state index contributed by atoms with van der Waals surface area (Å²) in [5.41, 5.74) is 2.72. The van der Waals surface area contributed by atoms with Gasteiger partial charge in [-0.1, -0.05) is 43.7 Å². The van der Waals surface area contributed by atoms with Crippen molar-refractivity contribution < 1.29 is 4.74 Å². The fourth-order valence-corrected chi connectivity index (χ4v) is 2.78. The zero-order chi connectivity index (χ0) is 13.0. The van der Waals surface area contributed by atoms with E-state index < -0.39 is 0 Å². The summed E-state index contributed by atoms with van der Waals surface area (Å²) in [5.74, 6) is 0.666. The van der Waals surface area contributed by atoms with Crippen LogP contribution in [0.5, 0.6) is 0 Å². The minimum absolute atomic E-state index is 0.367. The molecule has 1 heterocycles. The highest BCUT2D eigenvalue weighted by Gasteiger charge is 2.31. The third-order valence-electron chi connectivity index (χ3n) is 3.88. The SMILES string of the molecule is CCNC(Cc1ccc(C)cc1)C1OCCC1C. The fraction of sp³-hybridized carbons (Fsp3) is 0.625. The first-order chi connectivity index (χ1) is 8.70. The lowest BCUT2D eigenvalue weighted by molar-refractivity contribution is 0.0615. The molecule has 0 bridgehead atoms. The van der Waals surface area contributed by atoms with Crippen LogP contribution >= 0.6 is 0 Å². The van der Waals surface area contributed by atoms with E-state index in [0.29, 0.717) is 18.1 Å². The van der Waals surface area contributed by atoms with Crippen molar-refractivity contribution in [2.45, 2.75) is 45.8 Å². The Balaban J connectivity index is 2.03. The highest BCUT2D eigenvalue weighted by atomic mass is 16.5. The van der Waals surface area contributed by atoms with Gasteiger partial charge in [0.25, 0.3) is 0 Å². The van der Waals surface area contributed by atoms with Crippen molar-refractivity contribution in [2.75, 3.05) is 13.2 Å². The van der Waals surface area contributed by atoms with Gasteiger partial charge in [-0.05, 0) is 37.8 Å². The molecule has 1 aromatic rings. The van der Waals surface area contributed by atoms with Crippen LogP contribution in [0.25, 0.3) is 0 Å². The first kappa shape index (κ1) is 13.6. The Morgan fingerprint density at radius 2 is 2.06 bits per heavy atom. The van der Waals surface area contributed by atoms with E-state index in [0.717, 1.165) is 19.6 Å². The Morgan fingerprint density at radius 3 is 2.61 bits per heavy atom. The van der Waals surface area contributed by atoms with Crippen molar-refractivity contribution in [2.24, 2.45) is 5.92 Å². The van der Waals surface area contributed by atoms with E-state index in [1.165, 1.54) is 17.5 Å². The van der Waals surface area contributed by atoms with Crippen LogP contribution in [-0.2, 0) is 11.2 Å². The number of aryl methyl sites for hydroxylation is 1. The molecule has 0 spiro atoms. The fourth-order valence-electron chi connectivity index (χ4n) is 2.78. The first-order valence-electron chi connectivity index (χ1n) is 7.11. The Kier molecular flexibility index (Phi) is 4.79. The Hall–Kier alpha value is -0.860. The van der Waals surface area contributed by atoms with Gasteiger partial charge in [-0.2, -0.15) is 0 Å². The lowest BCUT2D eigenvalue weighted by atomic mass is 9.92. The molecule has 1 aliphatic rings. The maximum absolute atomic E-state index is 5.91. The van der Waals surface area contributed by atoms with Crippen LogP contribution in [-0.4, -0.2) is 25.3 Å². The summed E-state index contributed by atoms with van der Waals surface area (Å²) in [4.78, 5) is 0. The van der Waals surface area contributed by atoms with E-state index in [2.05, 4.69) is 50.4 Å². The van der Waals surface area contributed by atoms with Gasteiger partial charge in [-0.3, -0.25) is 0 Å². The van der Waals surface area contributed by atoms with Gasteiger partial charge in [0.15, 0.2) is 0 Å². The van der Waals surface area contributed by atoms with E-state index >= 15 is 0 Å². The van der Waals surface area contributed by atoms with Gasteiger partial charge < -0.3 is 10.1 Å². The second-order valence-corrected chi connectivity index (χ2v) is 5.46. The van der Waals surface area contributed by atoms with Crippen molar-refractivity contribution in [1.82, 2.24) is 5.32 Å². The van der Waals surface area contributed by atoms with Crippen molar-refractivity contribution in [3.8, 4) is 0 Å². The van der Waals surface area contributed by atoms with Crippen LogP contribution in [0, 0.1) is 12.8 Å². The molecule has 3 unspecified atom stereocenters. The van der Waals surface area contributed by atoms with Crippen LogP contribution in [0.4, 0.5) is 0 Å². The lowest BCUT2D eigenvalue weighted by Gasteiger charge is -2.27. The summed E-state index contributed by atoms with van der Waals surface area (Å²) in [7, 11) is 0. The van der Waals surface area contributed by atoms with Crippen molar-refractivity contribution in [3.63, 3.8) is 0 Å². The topological polar surface area (TPSA) is 21.3 Å². The van der Waals surface area contributed by atoms with E-state index in [1.54, 1.807) is 0 Å². The second kappa shape index (κ2) is 6.35. The minimum atomic E-state index is 0.367. The highest BCUT2D eigenvalue weighted by Crippen LogP contribution is 2.24. The van der Waals surface area contributed by atoms with Gasteiger partial charge in [0, 0.05) is 12.6 Å². The number of hydrogen-bond acceptors (Lipinski definition) is 2. The van der Waals surface area contributed by atoms with Gasteiger partial charge in [0.05, 0.1) is 6.10 Å². The number of hydrogen-bond donors (Lipinski definition) is 1. The number of ether oxygens (including phenoxy) is 1. The molecule has 2 heteroatoms. The maximum Gasteiger partial charge on any atom is 0.0757 e. The smallest absolute Gasteiger partial charge is 0.0757 e. The monoisotopic (exact) mass is 247 g/mol. The van der Waals surface area contributed by atoms with Crippen molar-refractivity contribution in [3.05, 3.63) is 35.4 Å². The van der Waals surface area contributed by atoms with Gasteiger partial charge in [0.1, 0.15) is 0 Å².